The molecule has 4 rings (SSSR count). The molecule has 0 aliphatic carbocycles. The van der Waals surface area contributed by atoms with Crippen LogP contribution >= 0.6 is 0 Å². The maximum absolute atomic E-state index is 13.4. The summed E-state index contributed by atoms with van der Waals surface area (Å²) in [5.74, 6) is -0.0757. The second-order valence-electron chi connectivity index (χ2n) is 8.25. The van der Waals surface area contributed by atoms with E-state index in [0.717, 1.165) is 18.2 Å². The lowest BCUT2D eigenvalue weighted by atomic mass is 9.99. The van der Waals surface area contributed by atoms with Gasteiger partial charge in [0, 0.05) is 24.2 Å². The number of nitrogens with zero attached hydrogens (tertiary/aromatic N) is 2. The molecule has 0 N–H and O–H groups in total. The third-order valence-corrected chi connectivity index (χ3v) is 6.99. The molecule has 34 heavy (non-hydrogen) atoms. The van der Waals surface area contributed by atoms with Crippen LogP contribution in [-0.4, -0.2) is 38.6 Å². The molecule has 0 saturated heterocycles. The van der Waals surface area contributed by atoms with Crippen LogP contribution < -0.4 is 9.04 Å². The Balaban J connectivity index is 1.65. The first kappa shape index (κ1) is 23.8. The summed E-state index contributed by atoms with van der Waals surface area (Å²) in [5, 5.41) is 0. The third kappa shape index (κ3) is 5.22. The summed E-state index contributed by atoms with van der Waals surface area (Å²) >= 11 is 0. The monoisotopic (exact) mass is 482 g/mol. The summed E-state index contributed by atoms with van der Waals surface area (Å²) in [4.78, 5) is 15.1. The molecule has 1 heterocycles. The van der Waals surface area contributed by atoms with Crippen LogP contribution in [0.4, 0.5) is 10.1 Å². The zero-order valence-corrected chi connectivity index (χ0v) is 20.0. The molecule has 1 amide bonds. The molecule has 8 heteroatoms. The average Bonchev–Trinajstić information content (AvgIpc) is 2.82. The highest BCUT2D eigenvalue weighted by Gasteiger charge is 2.24. The second kappa shape index (κ2) is 9.85. The summed E-state index contributed by atoms with van der Waals surface area (Å²) < 4.78 is 45.5. The molecule has 0 saturated carbocycles. The maximum Gasteiger partial charge on any atom is 0.254 e. The van der Waals surface area contributed by atoms with Gasteiger partial charge in [-0.1, -0.05) is 24.3 Å². The predicted molar refractivity (Wildman–Crippen MR) is 130 cm³/mol. The van der Waals surface area contributed by atoms with Crippen LogP contribution in [0.2, 0.25) is 0 Å². The van der Waals surface area contributed by atoms with Gasteiger partial charge in [-0.05, 0) is 66.9 Å². The fraction of sp³-hybridized carbons (Fsp3) is 0.269. The number of amides is 1. The van der Waals surface area contributed by atoms with Crippen molar-refractivity contribution < 1.29 is 22.3 Å². The molecule has 1 aliphatic heterocycles. The summed E-state index contributed by atoms with van der Waals surface area (Å²) in [6.45, 7) is 3.32. The largest absolute Gasteiger partial charge is 0.494 e. The first-order chi connectivity index (χ1) is 16.3. The first-order valence-corrected chi connectivity index (χ1v) is 13.0. The molecule has 0 atom stereocenters. The highest BCUT2D eigenvalue weighted by Crippen LogP contribution is 2.28. The van der Waals surface area contributed by atoms with E-state index >= 15 is 0 Å². The van der Waals surface area contributed by atoms with Gasteiger partial charge >= 0.3 is 0 Å². The van der Waals surface area contributed by atoms with Gasteiger partial charge in [0.1, 0.15) is 11.6 Å². The Morgan fingerprint density at radius 2 is 1.76 bits per heavy atom. The van der Waals surface area contributed by atoms with Crippen molar-refractivity contribution in [1.82, 2.24) is 4.90 Å². The van der Waals surface area contributed by atoms with E-state index in [-0.39, 0.29) is 12.5 Å². The van der Waals surface area contributed by atoms with Gasteiger partial charge in [-0.3, -0.25) is 9.10 Å². The zero-order valence-electron chi connectivity index (χ0n) is 19.2. The molecule has 3 aromatic rings. The van der Waals surface area contributed by atoms with Gasteiger partial charge in [-0.15, -0.1) is 0 Å². The second-order valence-corrected chi connectivity index (χ2v) is 10.2. The number of halogens is 1. The topological polar surface area (TPSA) is 66.9 Å². The van der Waals surface area contributed by atoms with Crippen molar-refractivity contribution in [3.8, 4) is 5.75 Å². The Bertz CT molecular complexity index is 1290. The molecule has 3 aromatic carbocycles. The summed E-state index contributed by atoms with van der Waals surface area (Å²) in [6, 6.07) is 18.4. The summed E-state index contributed by atoms with van der Waals surface area (Å²) in [7, 11) is -3.69. The molecule has 0 spiro atoms. The van der Waals surface area contributed by atoms with Gasteiger partial charge < -0.3 is 9.64 Å². The highest BCUT2D eigenvalue weighted by molar-refractivity contribution is 7.92. The van der Waals surface area contributed by atoms with Crippen molar-refractivity contribution in [2.45, 2.75) is 26.4 Å². The highest BCUT2D eigenvalue weighted by atomic mass is 32.2. The molecule has 0 aromatic heterocycles. The van der Waals surface area contributed by atoms with E-state index < -0.39 is 15.8 Å². The number of ether oxygens (including phenoxy) is 1. The fourth-order valence-electron chi connectivity index (χ4n) is 4.15. The van der Waals surface area contributed by atoms with Gasteiger partial charge in [0.25, 0.3) is 5.91 Å². The first-order valence-electron chi connectivity index (χ1n) is 11.1. The van der Waals surface area contributed by atoms with E-state index in [1.54, 1.807) is 23.1 Å². The molecule has 1 aliphatic rings. The Labute approximate surface area is 199 Å². The van der Waals surface area contributed by atoms with Crippen molar-refractivity contribution in [3.05, 3.63) is 94.8 Å². The normalized spacial score (nSPS) is 13.3. The van der Waals surface area contributed by atoms with Crippen LogP contribution in [0, 0.1) is 5.82 Å². The van der Waals surface area contributed by atoms with E-state index in [2.05, 4.69) is 6.07 Å². The summed E-state index contributed by atoms with van der Waals surface area (Å²) in [5.41, 5.74) is 3.73. The Morgan fingerprint density at radius 3 is 2.44 bits per heavy atom. The number of benzene rings is 3. The van der Waals surface area contributed by atoms with Crippen LogP contribution in [0.1, 0.15) is 34.0 Å². The Kier molecular flexibility index (Phi) is 6.88. The number of anilines is 1. The number of carbonyl (C=O) groups is 1. The van der Waals surface area contributed by atoms with E-state index in [9.17, 15) is 17.6 Å². The number of hydrogen-bond donors (Lipinski definition) is 0. The zero-order chi connectivity index (χ0) is 24.3. The molecular weight excluding hydrogens is 455 g/mol. The van der Waals surface area contributed by atoms with Crippen molar-refractivity contribution >= 4 is 21.6 Å². The molecule has 0 fully saturated rings. The van der Waals surface area contributed by atoms with Crippen LogP contribution in [-0.2, 0) is 29.5 Å². The Hall–Kier alpha value is -3.39. The molecule has 6 nitrogen and oxygen atoms in total. The standard InChI is InChI=1S/C26H27FN2O4S/c1-3-33-25-13-8-20(26(30)28-15-14-19-6-4-5-7-21(19)17-28)16-22(25)18-29(34(2,31)32)24-11-9-23(27)10-12-24/h4-13,16H,3,14-15,17-18H2,1-2H3. The van der Waals surface area contributed by atoms with Crippen LogP contribution in [0.25, 0.3) is 0 Å². The van der Waals surface area contributed by atoms with E-state index in [4.69, 9.17) is 4.74 Å². The van der Waals surface area contributed by atoms with Crippen LogP contribution in [0.3, 0.4) is 0 Å². The minimum atomic E-state index is -3.69. The minimum Gasteiger partial charge on any atom is -0.494 e. The van der Waals surface area contributed by atoms with Gasteiger partial charge in [0.2, 0.25) is 10.0 Å². The quantitative estimate of drug-likeness (QED) is 0.501. The van der Waals surface area contributed by atoms with Gasteiger partial charge in [0.15, 0.2) is 0 Å². The lowest BCUT2D eigenvalue weighted by molar-refractivity contribution is 0.0734. The lowest BCUT2D eigenvalue weighted by Crippen LogP contribution is -2.36. The molecular formula is C26H27FN2O4S. The van der Waals surface area contributed by atoms with E-state index in [1.807, 2.05) is 25.1 Å². The SMILES string of the molecule is CCOc1ccc(C(=O)N2CCc3ccccc3C2)cc1CN(c1ccc(F)cc1)S(C)(=O)=O. The van der Waals surface area contributed by atoms with Gasteiger partial charge in [0.05, 0.1) is 25.1 Å². The molecule has 0 unspecified atom stereocenters. The third-order valence-electron chi connectivity index (χ3n) is 5.85. The Morgan fingerprint density at radius 1 is 1.06 bits per heavy atom. The number of sulfonamides is 1. The van der Waals surface area contributed by atoms with Crippen molar-refractivity contribution in [2.24, 2.45) is 0 Å². The molecule has 178 valence electrons. The van der Waals surface area contributed by atoms with Crippen LogP contribution in [0.5, 0.6) is 5.75 Å². The van der Waals surface area contributed by atoms with E-state index in [0.29, 0.717) is 42.3 Å². The van der Waals surface area contributed by atoms with Crippen molar-refractivity contribution in [1.29, 1.82) is 0 Å². The van der Waals surface area contributed by atoms with Crippen molar-refractivity contribution in [3.63, 3.8) is 0 Å². The number of hydrogen-bond acceptors (Lipinski definition) is 4. The molecule has 0 radical (unpaired) electrons. The van der Waals surface area contributed by atoms with E-state index in [1.165, 1.54) is 34.1 Å². The lowest BCUT2D eigenvalue weighted by Gasteiger charge is -2.29. The van der Waals surface area contributed by atoms with Crippen LogP contribution in [0.15, 0.2) is 66.7 Å². The fourth-order valence-corrected chi connectivity index (χ4v) is 5.02. The minimum absolute atomic E-state index is 0.0518. The van der Waals surface area contributed by atoms with Gasteiger partial charge in [-0.25, -0.2) is 12.8 Å². The average molecular weight is 483 g/mol. The van der Waals surface area contributed by atoms with Crippen molar-refractivity contribution in [2.75, 3.05) is 23.7 Å². The summed E-state index contributed by atoms with van der Waals surface area (Å²) in [6.07, 6.45) is 1.88. The smallest absolute Gasteiger partial charge is 0.254 e. The number of carbonyl (C=O) groups excluding carboxylic acids is 1. The molecule has 0 bridgehead atoms. The van der Waals surface area contributed by atoms with Gasteiger partial charge in [-0.2, -0.15) is 0 Å². The number of rotatable bonds is 7. The number of fused-ring (bicyclic) bond motifs is 1. The maximum atomic E-state index is 13.4. The predicted octanol–water partition coefficient (Wildman–Crippen LogP) is 4.39.